The summed E-state index contributed by atoms with van der Waals surface area (Å²) in [6.07, 6.45) is 0.912. The van der Waals surface area contributed by atoms with E-state index in [0.717, 1.165) is 16.5 Å². The van der Waals surface area contributed by atoms with Crippen LogP contribution < -0.4 is 15.4 Å². The molecule has 3 rings (SSSR count). The SMILES string of the molecule is CCCOc1ccc(C(=O)Nc2ccc(C(=O)NCc3ccccc3)cc2)cc1Br. The van der Waals surface area contributed by atoms with Gasteiger partial charge in [-0.3, -0.25) is 9.59 Å². The van der Waals surface area contributed by atoms with Gasteiger partial charge < -0.3 is 15.4 Å². The average molecular weight is 467 g/mol. The Kier molecular flexibility index (Phi) is 7.63. The summed E-state index contributed by atoms with van der Waals surface area (Å²) >= 11 is 3.44. The Hall–Kier alpha value is -3.12. The van der Waals surface area contributed by atoms with Gasteiger partial charge in [-0.2, -0.15) is 0 Å². The Morgan fingerprint density at radius 3 is 2.27 bits per heavy atom. The lowest BCUT2D eigenvalue weighted by Gasteiger charge is -2.10. The van der Waals surface area contributed by atoms with E-state index in [2.05, 4.69) is 26.6 Å². The highest BCUT2D eigenvalue weighted by molar-refractivity contribution is 9.10. The Morgan fingerprint density at radius 2 is 1.60 bits per heavy atom. The van der Waals surface area contributed by atoms with Crippen LogP contribution in [-0.4, -0.2) is 18.4 Å². The molecule has 0 aliphatic carbocycles. The number of nitrogens with one attached hydrogen (secondary N) is 2. The molecule has 6 heteroatoms. The monoisotopic (exact) mass is 466 g/mol. The minimum atomic E-state index is -0.237. The zero-order chi connectivity index (χ0) is 21.3. The molecule has 2 N–H and O–H groups in total. The number of hydrogen-bond acceptors (Lipinski definition) is 3. The van der Waals surface area contributed by atoms with Crippen molar-refractivity contribution in [1.29, 1.82) is 0 Å². The normalized spacial score (nSPS) is 10.3. The number of rotatable bonds is 8. The number of amides is 2. The molecule has 0 aromatic heterocycles. The third kappa shape index (κ3) is 5.94. The zero-order valence-corrected chi connectivity index (χ0v) is 18.2. The quantitative estimate of drug-likeness (QED) is 0.465. The predicted octanol–water partition coefficient (Wildman–Crippen LogP) is 5.42. The third-order valence-corrected chi connectivity index (χ3v) is 4.98. The maximum Gasteiger partial charge on any atom is 0.255 e. The highest BCUT2D eigenvalue weighted by Gasteiger charge is 2.11. The summed E-state index contributed by atoms with van der Waals surface area (Å²) in [6, 6.07) is 21.7. The van der Waals surface area contributed by atoms with Crippen LogP contribution in [0.1, 0.15) is 39.6 Å². The van der Waals surface area contributed by atoms with Gasteiger partial charge in [0.15, 0.2) is 0 Å². The van der Waals surface area contributed by atoms with Gasteiger partial charge in [0.05, 0.1) is 11.1 Å². The molecular weight excluding hydrogens is 444 g/mol. The fourth-order valence-corrected chi connectivity index (χ4v) is 3.25. The standard InChI is InChI=1S/C24H23BrN2O3/c1-2-14-30-22-13-10-19(15-21(22)25)24(29)27-20-11-8-18(9-12-20)23(28)26-16-17-6-4-3-5-7-17/h3-13,15H,2,14,16H2,1H3,(H,26,28)(H,27,29). The first kappa shape index (κ1) is 21.6. The number of hydrogen-bond donors (Lipinski definition) is 2. The van der Waals surface area contributed by atoms with Gasteiger partial charge in [-0.1, -0.05) is 37.3 Å². The molecule has 0 bridgehead atoms. The molecule has 0 saturated carbocycles. The smallest absolute Gasteiger partial charge is 0.255 e. The second-order valence-electron chi connectivity index (χ2n) is 6.69. The van der Waals surface area contributed by atoms with Gasteiger partial charge in [0, 0.05) is 23.4 Å². The van der Waals surface area contributed by atoms with Gasteiger partial charge >= 0.3 is 0 Å². The van der Waals surface area contributed by atoms with Crippen LogP contribution in [0.15, 0.2) is 77.3 Å². The Labute approximate surface area is 184 Å². The lowest BCUT2D eigenvalue weighted by Crippen LogP contribution is -2.22. The second kappa shape index (κ2) is 10.6. The van der Waals surface area contributed by atoms with E-state index in [1.165, 1.54) is 0 Å². The first-order chi connectivity index (χ1) is 14.6. The third-order valence-electron chi connectivity index (χ3n) is 4.36. The highest BCUT2D eigenvalue weighted by Crippen LogP contribution is 2.26. The molecule has 0 heterocycles. The van der Waals surface area contributed by atoms with E-state index < -0.39 is 0 Å². The molecule has 0 spiro atoms. The fourth-order valence-electron chi connectivity index (χ4n) is 2.76. The molecule has 0 aliphatic heterocycles. The van der Waals surface area contributed by atoms with E-state index in [1.807, 2.05) is 37.3 Å². The first-order valence-electron chi connectivity index (χ1n) is 9.72. The first-order valence-corrected chi connectivity index (χ1v) is 10.5. The fraction of sp³-hybridized carbons (Fsp3) is 0.167. The van der Waals surface area contributed by atoms with Crippen LogP contribution in [0.25, 0.3) is 0 Å². The Bertz CT molecular complexity index is 1000. The second-order valence-corrected chi connectivity index (χ2v) is 7.55. The van der Waals surface area contributed by atoms with E-state index in [4.69, 9.17) is 4.74 Å². The molecule has 0 saturated heterocycles. The van der Waals surface area contributed by atoms with E-state index in [9.17, 15) is 9.59 Å². The molecule has 0 fully saturated rings. The molecule has 0 atom stereocenters. The summed E-state index contributed by atoms with van der Waals surface area (Å²) in [5.41, 5.74) is 2.69. The van der Waals surface area contributed by atoms with E-state index in [1.54, 1.807) is 42.5 Å². The van der Waals surface area contributed by atoms with Gasteiger partial charge in [0.25, 0.3) is 11.8 Å². The molecule has 3 aromatic carbocycles. The van der Waals surface area contributed by atoms with Crippen molar-refractivity contribution in [1.82, 2.24) is 5.32 Å². The summed E-state index contributed by atoms with van der Waals surface area (Å²) in [4.78, 5) is 24.8. The van der Waals surface area contributed by atoms with Crippen LogP contribution in [0.2, 0.25) is 0 Å². The van der Waals surface area contributed by atoms with Gasteiger partial charge in [-0.25, -0.2) is 0 Å². The highest BCUT2D eigenvalue weighted by atomic mass is 79.9. The molecule has 0 unspecified atom stereocenters. The molecule has 3 aromatic rings. The van der Waals surface area contributed by atoms with Crippen molar-refractivity contribution in [3.8, 4) is 5.75 Å². The largest absolute Gasteiger partial charge is 0.492 e. The van der Waals surface area contributed by atoms with E-state index >= 15 is 0 Å². The average Bonchev–Trinajstić information content (AvgIpc) is 2.77. The number of anilines is 1. The van der Waals surface area contributed by atoms with Crippen molar-refractivity contribution >= 4 is 33.4 Å². The number of carbonyl (C=O) groups excluding carboxylic acids is 2. The Balaban J connectivity index is 1.57. The minimum absolute atomic E-state index is 0.164. The van der Waals surface area contributed by atoms with Crippen LogP contribution in [0, 0.1) is 0 Å². The lowest BCUT2D eigenvalue weighted by molar-refractivity contribution is 0.0950. The maximum absolute atomic E-state index is 12.5. The minimum Gasteiger partial charge on any atom is -0.492 e. The van der Waals surface area contributed by atoms with Crippen molar-refractivity contribution in [3.05, 3.63) is 94.0 Å². The van der Waals surface area contributed by atoms with Crippen molar-refractivity contribution in [2.75, 3.05) is 11.9 Å². The van der Waals surface area contributed by atoms with E-state index in [0.29, 0.717) is 35.7 Å². The van der Waals surface area contributed by atoms with Gasteiger partial charge in [0.2, 0.25) is 0 Å². The Morgan fingerprint density at radius 1 is 0.900 bits per heavy atom. The molecular formula is C24H23BrN2O3. The summed E-state index contributed by atoms with van der Waals surface area (Å²) in [7, 11) is 0. The summed E-state index contributed by atoms with van der Waals surface area (Å²) < 4.78 is 6.34. The molecule has 2 amide bonds. The van der Waals surface area contributed by atoms with Gasteiger partial charge in [-0.15, -0.1) is 0 Å². The van der Waals surface area contributed by atoms with Crippen molar-refractivity contribution in [2.24, 2.45) is 0 Å². The zero-order valence-electron chi connectivity index (χ0n) is 16.7. The van der Waals surface area contributed by atoms with Crippen LogP contribution in [0.3, 0.4) is 0 Å². The summed E-state index contributed by atoms with van der Waals surface area (Å²) in [6.45, 7) is 3.12. The summed E-state index contributed by atoms with van der Waals surface area (Å²) in [5.74, 6) is 0.307. The number of carbonyl (C=O) groups is 2. The predicted molar refractivity (Wildman–Crippen MR) is 122 cm³/mol. The van der Waals surface area contributed by atoms with Crippen LogP contribution in [-0.2, 0) is 6.54 Å². The van der Waals surface area contributed by atoms with Gasteiger partial charge in [0.1, 0.15) is 5.75 Å². The maximum atomic E-state index is 12.5. The lowest BCUT2D eigenvalue weighted by atomic mass is 10.1. The van der Waals surface area contributed by atoms with Crippen molar-refractivity contribution < 1.29 is 14.3 Å². The topological polar surface area (TPSA) is 67.4 Å². The van der Waals surface area contributed by atoms with Gasteiger partial charge in [-0.05, 0) is 70.4 Å². The number of halogens is 1. The van der Waals surface area contributed by atoms with Crippen LogP contribution in [0.4, 0.5) is 5.69 Å². The number of benzene rings is 3. The molecule has 0 radical (unpaired) electrons. The number of ether oxygens (including phenoxy) is 1. The molecule has 0 aliphatic rings. The molecule has 154 valence electrons. The van der Waals surface area contributed by atoms with Crippen LogP contribution in [0.5, 0.6) is 5.75 Å². The van der Waals surface area contributed by atoms with Crippen molar-refractivity contribution in [2.45, 2.75) is 19.9 Å². The molecule has 30 heavy (non-hydrogen) atoms. The van der Waals surface area contributed by atoms with E-state index in [-0.39, 0.29) is 11.8 Å². The molecule has 5 nitrogen and oxygen atoms in total. The van der Waals surface area contributed by atoms with Crippen molar-refractivity contribution in [3.63, 3.8) is 0 Å². The summed E-state index contributed by atoms with van der Waals surface area (Å²) in [5, 5.41) is 5.72. The van der Waals surface area contributed by atoms with Crippen LogP contribution >= 0.6 is 15.9 Å².